The van der Waals surface area contributed by atoms with Gasteiger partial charge in [-0.25, -0.2) is 0 Å². The Bertz CT molecular complexity index is 560. The standard InChI is InChI=1S/C16H19BrN2O/c1-2-19(14-9-18-10-14)11-15-7-8-16(20-15)12-3-5-13(17)6-4-12/h3-8,14,18H,2,9-11H2,1H3. The van der Waals surface area contributed by atoms with Gasteiger partial charge in [0.2, 0.25) is 0 Å². The average Bonchev–Trinajstić information content (AvgIpc) is 2.85. The lowest BCUT2D eigenvalue weighted by Crippen LogP contribution is -2.56. The molecule has 1 aliphatic heterocycles. The topological polar surface area (TPSA) is 28.4 Å². The van der Waals surface area contributed by atoms with Crippen molar-refractivity contribution in [3.05, 3.63) is 46.6 Å². The van der Waals surface area contributed by atoms with Crippen molar-refractivity contribution in [1.82, 2.24) is 10.2 Å². The van der Waals surface area contributed by atoms with Crippen LogP contribution in [0.1, 0.15) is 12.7 Å². The van der Waals surface area contributed by atoms with Gasteiger partial charge in [-0.1, -0.05) is 35.0 Å². The molecule has 1 saturated heterocycles. The van der Waals surface area contributed by atoms with Crippen molar-refractivity contribution in [2.75, 3.05) is 19.6 Å². The molecule has 4 heteroatoms. The number of likely N-dealkylation sites (N-methyl/N-ethyl adjacent to an activating group) is 1. The number of furan rings is 1. The third kappa shape index (κ3) is 2.97. The summed E-state index contributed by atoms with van der Waals surface area (Å²) in [6.45, 7) is 6.33. The lowest BCUT2D eigenvalue weighted by molar-refractivity contribution is 0.136. The molecule has 0 spiro atoms. The van der Waals surface area contributed by atoms with Crippen LogP contribution in [0.5, 0.6) is 0 Å². The Morgan fingerprint density at radius 1 is 1.20 bits per heavy atom. The predicted octanol–water partition coefficient (Wildman–Crippen LogP) is 3.50. The van der Waals surface area contributed by atoms with Crippen LogP contribution in [0.2, 0.25) is 0 Å². The van der Waals surface area contributed by atoms with Gasteiger partial charge in [0.05, 0.1) is 6.54 Å². The van der Waals surface area contributed by atoms with E-state index in [2.05, 4.69) is 57.3 Å². The summed E-state index contributed by atoms with van der Waals surface area (Å²) in [6.07, 6.45) is 0. The second-order valence-electron chi connectivity index (χ2n) is 5.15. The molecular weight excluding hydrogens is 316 g/mol. The molecule has 20 heavy (non-hydrogen) atoms. The maximum atomic E-state index is 5.98. The average molecular weight is 335 g/mol. The van der Waals surface area contributed by atoms with Gasteiger partial charge < -0.3 is 9.73 Å². The molecule has 3 nitrogen and oxygen atoms in total. The molecule has 1 N–H and O–H groups in total. The normalized spacial score (nSPS) is 15.6. The Balaban J connectivity index is 1.71. The molecule has 2 heterocycles. The van der Waals surface area contributed by atoms with Gasteiger partial charge >= 0.3 is 0 Å². The Hall–Kier alpha value is -1.10. The van der Waals surface area contributed by atoms with Crippen molar-refractivity contribution in [2.24, 2.45) is 0 Å². The van der Waals surface area contributed by atoms with E-state index in [0.29, 0.717) is 6.04 Å². The van der Waals surface area contributed by atoms with Crippen LogP contribution in [-0.2, 0) is 6.54 Å². The summed E-state index contributed by atoms with van der Waals surface area (Å²) in [5, 5.41) is 3.32. The van der Waals surface area contributed by atoms with Gasteiger partial charge in [0.1, 0.15) is 11.5 Å². The fourth-order valence-corrected chi connectivity index (χ4v) is 2.73. The molecule has 2 aromatic rings. The molecule has 0 saturated carbocycles. The highest BCUT2D eigenvalue weighted by Gasteiger charge is 2.24. The van der Waals surface area contributed by atoms with Crippen molar-refractivity contribution in [1.29, 1.82) is 0 Å². The summed E-state index contributed by atoms with van der Waals surface area (Å²) in [6, 6.07) is 13.0. The van der Waals surface area contributed by atoms with Gasteiger partial charge in [-0.3, -0.25) is 4.90 Å². The molecule has 1 fully saturated rings. The van der Waals surface area contributed by atoms with Crippen LogP contribution in [0.3, 0.4) is 0 Å². The Morgan fingerprint density at radius 2 is 1.95 bits per heavy atom. The number of nitrogens with zero attached hydrogens (tertiary/aromatic N) is 1. The van der Waals surface area contributed by atoms with Gasteiger partial charge in [-0.05, 0) is 30.8 Å². The minimum Gasteiger partial charge on any atom is -0.460 e. The van der Waals surface area contributed by atoms with Gasteiger partial charge in [-0.15, -0.1) is 0 Å². The molecule has 1 aromatic carbocycles. The zero-order chi connectivity index (χ0) is 13.9. The van der Waals surface area contributed by atoms with Crippen molar-refractivity contribution >= 4 is 15.9 Å². The second-order valence-corrected chi connectivity index (χ2v) is 6.06. The first kappa shape index (κ1) is 13.9. The summed E-state index contributed by atoms with van der Waals surface area (Å²) in [4.78, 5) is 2.46. The molecule has 106 valence electrons. The lowest BCUT2D eigenvalue weighted by Gasteiger charge is -2.37. The quantitative estimate of drug-likeness (QED) is 0.907. The van der Waals surface area contributed by atoms with Crippen LogP contribution in [0, 0.1) is 0 Å². The number of hydrogen-bond acceptors (Lipinski definition) is 3. The Morgan fingerprint density at radius 3 is 2.55 bits per heavy atom. The molecular formula is C16H19BrN2O. The monoisotopic (exact) mass is 334 g/mol. The van der Waals surface area contributed by atoms with Gasteiger partial charge in [0.25, 0.3) is 0 Å². The molecule has 1 aromatic heterocycles. The minimum atomic E-state index is 0.654. The maximum Gasteiger partial charge on any atom is 0.134 e. The smallest absolute Gasteiger partial charge is 0.134 e. The first-order valence-corrected chi connectivity index (χ1v) is 7.85. The van der Waals surface area contributed by atoms with Crippen molar-refractivity contribution < 1.29 is 4.42 Å². The second kappa shape index (κ2) is 6.12. The van der Waals surface area contributed by atoms with E-state index < -0.39 is 0 Å². The molecule has 0 amide bonds. The van der Waals surface area contributed by atoms with Crippen LogP contribution < -0.4 is 5.32 Å². The first-order chi connectivity index (χ1) is 9.76. The van der Waals surface area contributed by atoms with Gasteiger partial charge in [0, 0.05) is 29.2 Å². The van der Waals surface area contributed by atoms with E-state index in [1.165, 1.54) is 0 Å². The molecule has 0 bridgehead atoms. The van der Waals surface area contributed by atoms with Crippen LogP contribution in [0.4, 0.5) is 0 Å². The van der Waals surface area contributed by atoms with Crippen LogP contribution >= 0.6 is 15.9 Å². The number of halogens is 1. The van der Waals surface area contributed by atoms with E-state index in [0.717, 1.165) is 47.7 Å². The molecule has 0 unspecified atom stereocenters. The Labute approximate surface area is 128 Å². The van der Waals surface area contributed by atoms with Crippen LogP contribution in [-0.4, -0.2) is 30.6 Å². The van der Waals surface area contributed by atoms with Crippen molar-refractivity contribution in [2.45, 2.75) is 19.5 Å². The minimum absolute atomic E-state index is 0.654. The number of benzene rings is 1. The van der Waals surface area contributed by atoms with E-state index in [1.807, 2.05) is 12.1 Å². The zero-order valence-corrected chi connectivity index (χ0v) is 13.2. The first-order valence-electron chi connectivity index (χ1n) is 7.05. The summed E-state index contributed by atoms with van der Waals surface area (Å²) < 4.78 is 7.07. The third-order valence-electron chi connectivity index (χ3n) is 3.83. The highest BCUT2D eigenvalue weighted by Crippen LogP contribution is 2.25. The van der Waals surface area contributed by atoms with Crippen molar-refractivity contribution in [3.8, 4) is 11.3 Å². The largest absolute Gasteiger partial charge is 0.460 e. The van der Waals surface area contributed by atoms with E-state index in [-0.39, 0.29) is 0 Å². The third-order valence-corrected chi connectivity index (χ3v) is 4.36. The van der Waals surface area contributed by atoms with E-state index in [1.54, 1.807) is 0 Å². The summed E-state index contributed by atoms with van der Waals surface area (Å²) >= 11 is 3.45. The van der Waals surface area contributed by atoms with Crippen molar-refractivity contribution in [3.63, 3.8) is 0 Å². The highest BCUT2D eigenvalue weighted by atomic mass is 79.9. The lowest BCUT2D eigenvalue weighted by atomic mass is 10.1. The molecule has 0 aliphatic carbocycles. The fraction of sp³-hybridized carbons (Fsp3) is 0.375. The zero-order valence-electron chi connectivity index (χ0n) is 11.6. The Kier molecular flexibility index (Phi) is 4.24. The molecule has 1 aliphatic rings. The summed E-state index contributed by atoms with van der Waals surface area (Å²) in [5.74, 6) is 1.98. The molecule has 0 atom stereocenters. The number of hydrogen-bond donors (Lipinski definition) is 1. The number of nitrogens with one attached hydrogen (secondary N) is 1. The van der Waals surface area contributed by atoms with E-state index >= 15 is 0 Å². The van der Waals surface area contributed by atoms with Gasteiger partial charge in [0.15, 0.2) is 0 Å². The van der Waals surface area contributed by atoms with Crippen LogP contribution in [0.25, 0.3) is 11.3 Å². The maximum absolute atomic E-state index is 5.98. The highest BCUT2D eigenvalue weighted by molar-refractivity contribution is 9.10. The van der Waals surface area contributed by atoms with Crippen LogP contribution in [0.15, 0.2) is 45.3 Å². The predicted molar refractivity (Wildman–Crippen MR) is 84.6 cm³/mol. The van der Waals surface area contributed by atoms with E-state index in [9.17, 15) is 0 Å². The SMILES string of the molecule is CCN(Cc1ccc(-c2ccc(Br)cc2)o1)C1CNC1. The summed E-state index contributed by atoms with van der Waals surface area (Å²) in [7, 11) is 0. The summed E-state index contributed by atoms with van der Waals surface area (Å²) in [5.41, 5.74) is 1.12. The molecule has 0 radical (unpaired) electrons. The molecule has 3 rings (SSSR count). The fourth-order valence-electron chi connectivity index (χ4n) is 2.46. The number of rotatable bonds is 5. The van der Waals surface area contributed by atoms with Gasteiger partial charge in [-0.2, -0.15) is 0 Å². The van der Waals surface area contributed by atoms with E-state index in [4.69, 9.17) is 4.42 Å².